The molecule has 0 spiro atoms. The van der Waals surface area contributed by atoms with Crippen molar-refractivity contribution < 1.29 is 32.4 Å². The zero-order chi connectivity index (χ0) is 25.2. The van der Waals surface area contributed by atoms with E-state index in [2.05, 4.69) is 9.88 Å². The van der Waals surface area contributed by atoms with Gasteiger partial charge in [0.15, 0.2) is 5.76 Å². The molecule has 0 saturated carbocycles. The van der Waals surface area contributed by atoms with Gasteiger partial charge in [0.05, 0.1) is 26.4 Å². The Balaban J connectivity index is 1.59. The maximum absolute atomic E-state index is 13.3. The number of morpholine rings is 1. The van der Waals surface area contributed by atoms with Crippen molar-refractivity contribution in [2.75, 3.05) is 24.7 Å². The quantitative estimate of drug-likeness (QED) is 0.423. The van der Waals surface area contributed by atoms with Crippen LogP contribution in [0.25, 0.3) is 10.6 Å². The third-order valence-electron chi connectivity index (χ3n) is 5.41. The number of hydrogen-bond donors (Lipinski definition) is 2. The van der Waals surface area contributed by atoms with E-state index in [4.69, 9.17) is 20.9 Å². The molecule has 1 amide bonds. The van der Waals surface area contributed by atoms with E-state index in [1.807, 2.05) is 0 Å². The first kappa shape index (κ1) is 25.3. The number of anilines is 1. The Morgan fingerprint density at radius 1 is 1.34 bits per heavy atom. The molecule has 1 atom stereocenters. The molecule has 2 N–H and O–H groups in total. The molecule has 4 rings (SSSR count). The van der Waals surface area contributed by atoms with Gasteiger partial charge in [-0.1, -0.05) is 29.7 Å². The average molecular weight is 540 g/mol. The van der Waals surface area contributed by atoms with Crippen LogP contribution in [0.15, 0.2) is 45.8 Å². The summed E-state index contributed by atoms with van der Waals surface area (Å²) in [5.41, 5.74) is 1.15. The number of halogens is 1. The zero-order valence-electron chi connectivity index (χ0n) is 18.6. The first-order chi connectivity index (χ1) is 16.7. The van der Waals surface area contributed by atoms with Gasteiger partial charge < -0.3 is 19.3 Å². The highest BCUT2D eigenvalue weighted by molar-refractivity contribution is 7.89. The number of aliphatic carboxylic acids is 1. The summed E-state index contributed by atoms with van der Waals surface area (Å²) < 4.78 is 39.9. The summed E-state index contributed by atoms with van der Waals surface area (Å²) in [6, 6.07) is 8.08. The van der Waals surface area contributed by atoms with Gasteiger partial charge in [-0.25, -0.2) is 8.42 Å². The Kier molecular flexibility index (Phi) is 7.57. The second kappa shape index (κ2) is 10.5. The van der Waals surface area contributed by atoms with Gasteiger partial charge in [-0.05, 0) is 36.2 Å². The second-order valence-corrected chi connectivity index (χ2v) is 11.1. The normalized spacial score (nSPS) is 15.4. The van der Waals surface area contributed by atoms with Crippen molar-refractivity contribution in [3.8, 4) is 10.6 Å². The highest BCUT2D eigenvalue weighted by Crippen LogP contribution is 2.32. The van der Waals surface area contributed by atoms with Gasteiger partial charge in [-0.2, -0.15) is 4.72 Å². The second-order valence-electron chi connectivity index (χ2n) is 7.71. The molecule has 186 valence electrons. The number of hydrogen-bond acceptors (Lipinski definition) is 8. The van der Waals surface area contributed by atoms with Crippen LogP contribution in [0.5, 0.6) is 0 Å². The van der Waals surface area contributed by atoms with E-state index in [1.54, 1.807) is 31.2 Å². The largest absolute Gasteiger partial charge is 0.480 e. The highest BCUT2D eigenvalue weighted by atomic mass is 35.5. The minimum absolute atomic E-state index is 0.0860. The number of sulfonamides is 1. The summed E-state index contributed by atoms with van der Waals surface area (Å²) in [7, 11) is -4.26. The molecule has 3 heterocycles. The van der Waals surface area contributed by atoms with E-state index in [0.29, 0.717) is 45.8 Å². The minimum atomic E-state index is -4.26. The zero-order valence-corrected chi connectivity index (χ0v) is 21.0. The number of carbonyl (C=O) groups excluding carboxylic acids is 1. The van der Waals surface area contributed by atoms with Gasteiger partial charge in [0, 0.05) is 24.7 Å². The number of thiophene rings is 1. The lowest BCUT2D eigenvalue weighted by Crippen LogP contribution is -2.43. The van der Waals surface area contributed by atoms with Gasteiger partial charge >= 0.3 is 5.97 Å². The lowest BCUT2D eigenvalue weighted by Gasteiger charge is -2.29. The smallest absolute Gasteiger partial charge is 0.322 e. The number of ether oxygens (including phenoxy) is 1. The predicted octanol–water partition coefficient (Wildman–Crippen LogP) is 2.96. The molecule has 35 heavy (non-hydrogen) atoms. The van der Waals surface area contributed by atoms with Crippen LogP contribution in [0, 0.1) is 0 Å². The van der Waals surface area contributed by atoms with E-state index in [-0.39, 0.29) is 29.5 Å². The average Bonchev–Trinajstić information content (AvgIpc) is 3.47. The number of carboxylic acids is 1. The Morgan fingerprint density at radius 3 is 2.80 bits per heavy atom. The van der Waals surface area contributed by atoms with Crippen molar-refractivity contribution in [3.63, 3.8) is 0 Å². The molecule has 1 fully saturated rings. The Bertz CT molecular complexity index is 1350. The fourth-order valence-corrected chi connectivity index (χ4v) is 6.31. The van der Waals surface area contributed by atoms with Crippen LogP contribution in [0.4, 0.5) is 5.69 Å². The SMILES string of the molecule is CCc1c(N2CCOCC2=O)cccc1S(=O)(=O)NC(Cc1cc(-c2ccc(Cl)s2)on1)C(=O)O. The number of carboxylic acid groups (broad SMARTS) is 1. The van der Waals surface area contributed by atoms with E-state index in [9.17, 15) is 23.1 Å². The van der Waals surface area contributed by atoms with Crippen molar-refractivity contribution >= 4 is 50.5 Å². The summed E-state index contributed by atoms with van der Waals surface area (Å²) in [5, 5.41) is 13.6. The van der Waals surface area contributed by atoms with Crippen LogP contribution in [0.1, 0.15) is 18.2 Å². The van der Waals surface area contributed by atoms with Crippen molar-refractivity contribution in [2.45, 2.75) is 30.7 Å². The molecule has 0 radical (unpaired) electrons. The number of nitrogens with one attached hydrogen (secondary N) is 1. The number of benzene rings is 1. The highest BCUT2D eigenvalue weighted by Gasteiger charge is 2.31. The first-order valence-electron chi connectivity index (χ1n) is 10.7. The number of carbonyl (C=O) groups is 2. The van der Waals surface area contributed by atoms with Gasteiger partial charge in [0.1, 0.15) is 12.6 Å². The molecule has 3 aromatic rings. The lowest BCUT2D eigenvalue weighted by molar-refractivity contribution is -0.139. The molecule has 13 heteroatoms. The Labute approximate surface area is 210 Å². The van der Waals surface area contributed by atoms with E-state index < -0.39 is 22.0 Å². The molecular weight excluding hydrogens is 518 g/mol. The molecule has 1 aromatic carbocycles. The van der Waals surface area contributed by atoms with Crippen LogP contribution in [0.2, 0.25) is 4.34 Å². The molecule has 10 nitrogen and oxygen atoms in total. The van der Waals surface area contributed by atoms with Gasteiger partial charge in [0.25, 0.3) is 5.91 Å². The maximum atomic E-state index is 13.3. The molecule has 1 aliphatic rings. The maximum Gasteiger partial charge on any atom is 0.322 e. The number of nitrogens with zero attached hydrogens (tertiary/aromatic N) is 2. The number of amides is 1. The molecule has 1 aliphatic heterocycles. The van der Waals surface area contributed by atoms with E-state index in [1.165, 1.54) is 28.4 Å². The van der Waals surface area contributed by atoms with Crippen LogP contribution < -0.4 is 9.62 Å². The van der Waals surface area contributed by atoms with Crippen LogP contribution >= 0.6 is 22.9 Å². The van der Waals surface area contributed by atoms with Gasteiger partial charge in [-0.3, -0.25) is 9.59 Å². The number of aromatic nitrogens is 1. The minimum Gasteiger partial charge on any atom is -0.480 e. The van der Waals surface area contributed by atoms with Gasteiger partial charge in [0.2, 0.25) is 10.0 Å². The number of rotatable bonds is 9. The lowest BCUT2D eigenvalue weighted by atomic mass is 10.1. The fraction of sp³-hybridized carbons (Fsp3) is 0.318. The summed E-state index contributed by atoms with van der Waals surface area (Å²) in [6.45, 7) is 2.31. The summed E-state index contributed by atoms with van der Waals surface area (Å²) in [6.07, 6.45) is 0.0745. The van der Waals surface area contributed by atoms with Crippen LogP contribution in [0.3, 0.4) is 0 Å². The van der Waals surface area contributed by atoms with Crippen LogP contribution in [-0.4, -0.2) is 56.4 Å². The topological polar surface area (TPSA) is 139 Å². The fourth-order valence-electron chi connectivity index (χ4n) is 3.80. The summed E-state index contributed by atoms with van der Waals surface area (Å²) in [5.74, 6) is -1.24. The molecule has 1 saturated heterocycles. The predicted molar refractivity (Wildman–Crippen MR) is 129 cm³/mol. The van der Waals surface area contributed by atoms with Gasteiger partial charge in [-0.15, -0.1) is 11.3 Å². The van der Waals surface area contributed by atoms with Crippen molar-refractivity contribution in [2.24, 2.45) is 0 Å². The van der Waals surface area contributed by atoms with E-state index >= 15 is 0 Å². The Hall–Kier alpha value is -2.77. The molecule has 0 bridgehead atoms. The monoisotopic (exact) mass is 539 g/mol. The van der Waals surface area contributed by atoms with E-state index in [0.717, 1.165) is 0 Å². The van der Waals surface area contributed by atoms with Crippen molar-refractivity contribution in [1.82, 2.24) is 9.88 Å². The standard InChI is InChI=1S/C22H22ClN3O7S2/c1-2-14-16(26-8-9-32-12-21(26)27)4-3-5-19(14)35(30,31)25-15(22(28)29)10-13-11-17(33-24-13)18-6-7-20(23)34-18/h3-7,11,15,25H,2,8-10,12H2,1H3,(H,28,29). The third kappa shape index (κ3) is 5.57. The molecule has 1 unspecified atom stereocenters. The summed E-state index contributed by atoms with van der Waals surface area (Å²) >= 11 is 7.21. The molecule has 0 aliphatic carbocycles. The Morgan fingerprint density at radius 2 is 2.14 bits per heavy atom. The summed E-state index contributed by atoms with van der Waals surface area (Å²) in [4.78, 5) is 26.4. The molecular formula is C22H22ClN3O7S2. The third-order valence-corrected chi connectivity index (χ3v) is 8.21. The van der Waals surface area contributed by atoms with Crippen molar-refractivity contribution in [1.29, 1.82) is 0 Å². The molecule has 2 aromatic heterocycles. The van der Waals surface area contributed by atoms with Crippen LogP contribution in [-0.2, 0) is 37.2 Å². The van der Waals surface area contributed by atoms with Crippen molar-refractivity contribution in [3.05, 3.63) is 52.0 Å². The first-order valence-corrected chi connectivity index (χ1v) is 13.3.